The summed E-state index contributed by atoms with van der Waals surface area (Å²) < 4.78 is 54.7. The summed E-state index contributed by atoms with van der Waals surface area (Å²) in [5.41, 5.74) is 0. The van der Waals surface area contributed by atoms with E-state index in [0.717, 1.165) is 44.4 Å². The summed E-state index contributed by atoms with van der Waals surface area (Å²) in [4.78, 5) is 0. The first-order chi connectivity index (χ1) is 13.5. The lowest BCUT2D eigenvalue weighted by atomic mass is 9.81. The first-order valence-corrected chi connectivity index (χ1v) is 10.4. The average Bonchev–Trinajstić information content (AvgIpc) is 2.71. The van der Waals surface area contributed by atoms with Gasteiger partial charge in [-0.3, -0.25) is 0 Å². The van der Waals surface area contributed by atoms with Gasteiger partial charge in [-0.05, 0) is 48.6 Å². The summed E-state index contributed by atoms with van der Waals surface area (Å²) in [7, 11) is 0. The Kier molecular flexibility index (Phi) is 7.08. The zero-order chi connectivity index (χ0) is 20.1. The van der Waals surface area contributed by atoms with E-state index in [4.69, 9.17) is 9.47 Å². The zero-order valence-electron chi connectivity index (χ0n) is 16.7. The summed E-state index contributed by atoms with van der Waals surface area (Å²) in [6, 6.07) is 4.38. The predicted molar refractivity (Wildman–Crippen MR) is 105 cm³/mol. The van der Waals surface area contributed by atoms with Crippen molar-refractivity contribution in [1.82, 2.24) is 0 Å². The molecule has 0 bridgehead atoms. The Balaban J connectivity index is 1.75. The molecule has 2 nitrogen and oxygen atoms in total. The van der Waals surface area contributed by atoms with Gasteiger partial charge in [0.25, 0.3) is 0 Å². The fourth-order valence-electron chi connectivity index (χ4n) is 3.89. The fraction of sp³-hybridized carbons (Fsp3) is 0.565. The minimum Gasteiger partial charge on any atom is -0.490 e. The summed E-state index contributed by atoms with van der Waals surface area (Å²) in [5.74, 6) is -2.31. The van der Waals surface area contributed by atoms with Crippen molar-refractivity contribution in [1.29, 1.82) is 0 Å². The van der Waals surface area contributed by atoms with Crippen LogP contribution in [0.2, 0.25) is 0 Å². The highest BCUT2D eigenvalue weighted by Gasteiger charge is 2.23. The van der Waals surface area contributed by atoms with Crippen LogP contribution in [0.25, 0.3) is 10.8 Å². The van der Waals surface area contributed by atoms with Gasteiger partial charge in [0, 0.05) is 0 Å². The van der Waals surface area contributed by atoms with Crippen molar-refractivity contribution in [2.75, 3.05) is 13.2 Å². The van der Waals surface area contributed by atoms with E-state index in [9.17, 15) is 13.2 Å². The highest BCUT2D eigenvalue weighted by molar-refractivity contribution is 5.86. The molecule has 0 saturated heterocycles. The van der Waals surface area contributed by atoms with Gasteiger partial charge in [0.2, 0.25) is 5.82 Å². The van der Waals surface area contributed by atoms with Crippen molar-refractivity contribution >= 4 is 10.8 Å². The third-order valence-electron chi connectivity index (χ3n) is 5.83. The maximum absolute atomic E-state index is 14.6. The highest BCUT2D eigenvalue weighted by Crippen LogP contribution is 2.35. The normalized spacial score (nSPS) is 19.8. The van der Waals surface area contributed by atoms with Gasteiger partial charge in [-0.25, -0.2) is 8.78 Å². The minimum atomic E-state index is -1.22. The quantitative estimate of drug-likeness (QED) is 0.447. The largest absolute Gasteiger partial charge is 0.490 e. The maximum atomic E-state index is 14.6. The van der Waals surface area contributed by atoms with Crippen molar-refractivity contribution in [2.24, 2.45) is 11.8 Å². The molecule has 3 rings (SSSR count). The van der Waals surface area contributed by atoms with E-state index in [1.54, 1.807) is 6.07 Å². The first kappa shape index (κ1) is 20.8. The van der Waals surface area contributed by atoms with Gasteiger partial charge < -0.3 is 9.47 Å². The Hall–Kier alpha value is -1.91. The van der Waals surface area contributed by atoms with Crippen LogP contribution in [0.5, 0.6) is 11.5 Å². The lowest BCUT2D eigenvalue weighted by Crippen LogP contribution is -2.20. The van der Waals surface area contributed by atoms with E-state index in [2.05, 4.69) is 6.92 Å². The molecular formula is C23H29F3O2. The van der Waals surface area contributed by atoms with Gasteiger partial charge in [0.1, 0.15) is 0 Å². The Morgan fingerprint density at radius 3 is 2.25 bits per heavy atom. The molecule has 2 aromatic carbocycles. The van der Waals surface area contributed by atoms with Crippen LogP contribution in [-0.2, 0) is 0 Å². The lowest BCUT2D eigenvalue weighted by Gasteiger charge is -2.27. The van der Waals surface area contributed by atoms with Crippen LogP contribution in [0.1, 0.15) is 58.8 Å². The fourth-order valence-corrected chi connectivity index (χ4v) is 3.89. The Morgan fingerprint density at radius 1 is 0.857 bits per heavy atom. The van der Waals surface area contributed by atoms with E-state index in [-0.39, 0.29) is 22.3 Å². The Morgan fingerprint density at radius 2 is 1.57 bits per heavy atom. The van der Waals surface area contributed by atoms with Crippen LogP contribution in [0.4, 0.5) is 13.2 Å². The molecule has 0 unspecified atom stereocenters. The Bertz CT molecular complexity index is 798. The molecule has 0 N–H and O–H groups in total. The zero-order valence-corrected chi connectivity index (χ0v) is 16.7. The van der Waals surface area contributed by atoms with Crippen molar-refractivity contribution in [3.05, 3.63) is 35.7 Å². The molecule has 0 aliphatic heterocycles. The number of rotatable bonds is 8. The van der Waals surface area contributed by atoms with Gasteiger partial charge in [-0.15, -0.1) is 0 Å². The first-order valence-electron chi connectivity index (χ1n) is 10.4. The van der Waals surface area contributed by atoms with Crippen molar-refractivity contribution in [3.8, 4) is 11.5 Å². The van der Waals surface area contributed by atoms with E-state index in [0.29, 0.717) is 19.1 Å². The number of unbranched alkanes of at least 4 members (excludes halogenated alkanes) is 1. The van der Waals surface area contributed by atoms with Crippen LogP contribution in [0, 0.1) is 29.3 Å². The van der Waals surface area contributed by atoms with Gasteiger partial charge in [0.15, 0.2) is 23.1 Å². The monoisotopic (exact) mass is 394 g/mol. The number of fused-ring (bicyclic) bond motifs is 1. The van der Waals surface area contributed by atoms with E-state index in [1.165, 1.54) is 18.6 Å². The van der Waals surface area contributed by atoms with Gasteiger partial charge in [-0.2, -0.15) is 4.39 Å². The van der Waals surface area contributed by atoms with Crippen molar-refractivity contribution in [3.63, 3.8) is 0 Å². The second-order valence-corrected chi connectivity index (χ2v) is 7.79. The molecule has 0 aromatic heterocycles. The number of ether oxygens (including phenoxy) is 2. The van der Waals surface area contributed by atoms with Crippen molar-refractivity contribution in [2.45, 2.75) is 58.8 Å². The number of benzene rings is 2. The SMILES string of the molecule is CCCCOc1ccc2cc(OCC3CCC(CC)CC3)c(F)c(F)c2c1F. The molecule has 1 aliphatic carbocycles. The number of hydrogen-bond donors (Lipinski definition) is 0. The molecule has 0 heterocycles. The molecule has 0 amide bonds. The summed E-state index contributed by atoms with van der Waals surface area (Å²) in [6.07, 6.45) is 7.26. The van der Waals surface area contributed by atoms with Gasteiger partial charge in [-0.1, -0.05) is 45.6 Å². The van der Waals surface area contributed by atoms with Crippen LogP contribution in [0.15, 0.2) is 18.2 Å². The summed E-state index contributed by atoms with van der Waals surface area (Å²) in [5, 5.41) is -0.119. The van der Waals surface area contributed by atoms with Crippen LogP contribution >= 0.6 is 0 Å². The third-order valence-corrected chi connectivity index (χ3v) is 5.83. The molecule has 0 atom stereocenters. The molecule has 1 fully saturated rings. The third kappa shape index (κ3) is 4.56. The molecular weight excluding hydrogens is 365 g/mol. The smallest absolute Gasteiger partial charge is 0.201 e. The second kappa shape index (κ2) is 9.53. The lowest BCUT2D eigenvalue weighted by molar-refractivity contribution is 0.176. The molecule has 5 heteroatoms. The Labute approximate surface area is 165 Å². The molecule has 0 spiro atoms. The van der Waals surface area contributed by atoms with Gasteiger partial charge >= 0.3 is 0 Å². The summed E-state index contributed by atoms with van der Waals surface area (Å²) >= 11 is 0. The molecule has 1 saturated carbocycles. The van der Waals surface area contributed by atoms with Crippen LogP contribution in [-0.4, -0.2) is 13.2 Å². The van der Waals surface area contributed by atoms with Crippen LogP contribution < -0.4 is 9.47 Å². The van der Waals surface area contributed by atoms with E-state index >= 15 is 0 Å². The molecule has 28 heavy (non-hydrogen) atoms. The molecule has 1 aliphatic rings. The van der Waals surface area contributed by atoms with E-state index < -0.39 is 17.5 Å². The number of hydrogen-bond acceptors (Lipinski definition) is 2. The highest BCUT2D eigenvalue weighted by atomic mass is 19.2. The van der Waals surface area contributed by atoms with E-state index in [1.807, 2.05) is 6.92 Å². The standard InChI is InChI=1S/C23H29F3O2/c1-3-5-12-27-18-11-10-17-13-19(22(25)23(26)20(17)21(18)24)28-14-16-8-6-15(4-2)7-9-16/h10-11,13,15-16H,3-9,12,14H2,1-2H3. The maximum Gasteiger partial charge on any atom is 0.201 e. The average molecular weight is 394 g/mol. The van der Waals surface area contributed by atoms with Crippen molar-refractivity contribution < 1.29 is 22.6 Å². The summed E-state index contributed by atoms with van der Waals surface area (Å²) in [6.45, 7) is 4.89. The topological polar surface area (TPSA) is 18.5 Å². The molecule has 0 radical (unpaired) electrons. The molecule has 2 aromatic rings. The van der Waals surface area contributed by atoms with Gasteiger partial charge in [0.05, 0.1) is 18.6 Å². The predicted octanol–water partition coefficient (Wildman–Crippen LogP) is 7.03. The molecule has 154 valence electrons. The second-order valence-electron chi connectivity index (χ2n) is 7.79. The minimum absolute atomic E-state index is 0.0550. The number of halogens is 3. The van der Waals surface area contributed by atoms with Crippen LogP contribution in [0.3, 0.4) is 0 Å².